The van der Waals surface area contributed by atoms with Gasteiger partial charge in [0.05, 0.1) is 17.5 Å². The zero-order valence-corrected chi connectivity index (χ0v) is 11.4. The Morgan fingerprint density at radius 3 is 2.63 bits per heavy atom. The minimum absolute atomic E-state index is 0.498. The van der Waals surface area contributed by atoms with Crippen LogP contribution in [-0.2, 0) is 0 Å². The minimum atomic E-state index is 0.498. The van der Waals surface area contributed by atoms with E-state index in [1.165, 1.54) is 0 Å². The number of nitrogens with zero attached hydrogens (tertiary/aromatic N) is 2. The first kappa shape index (κ1) is 11.9. The third-order valence-corrected chi connectivity index (χ3v) is 3.24. The highest BCUT2D eigenvalue weighted by molar-refractivity contribution is 9.10. The van der Waals surface area contributed by atoms with Gasteiger partial charge in [-0.3, -0.25) is 4.79 Å². The lowest BCUT2D eigenvalue weighted by atomic mass is 10.2. The molecule has 0 aliphatic heterocycles. The average Bonchev–Trinajstić information content (AvgIpc) is 3.08. The number of hydrogen-bond donors (Lipinski definition) is 0. The van der Waals surface area contributed by atoms with E-state index in [1.807, 2.05) is 24.3 Å². The summed E-state index contributed by atoms with van der Waals surface area (Å²) in [5.74, 6) is 0.581. The molecule has 4 nitrogen and oxygen atoms in total. The summed E-state index contributed by atoms with van der Waals surface area (Å²) < 4.78 is 7.94. The highest BCUT2D eigenvalue weighted by Crippen LogP contribution is 2.23. The van der Waals surface area contributed by atoms with Gasteiger partial charge in [0.1, 0.15) is 5.69 Å². The molecule has 1 aromatic carbocycles. The smallest absolute Gasteiger partial charge is 0.154 e. The summed E-state index contributed by atoms with van der Waals surface area (Å²) in [7, 11) is 0. The monoisotopic (exact) mass is 316 g/mol. The number of rotatable bonds is 3. The van der Waals surface area contributed by atoms with Gasteiger partial charge >= 0.3 is 0 Å². The van der Waals surface area contributed by atoms with E-state index in [-0.39, 0.29) is 0 Å². The van der Waals surface area contributed by atoms with E-state index in [2.05, 4.69) is 21.0 Å². The van der Waals surface area contributed by atoms with Crippen molar-refractivity contribution in [3.8, 4) is 17.1 Å². The number of carbonyl (C=O) groups is 1. The van der Waals surface area contributed by atoms with Crippen molar-refractivity contribution in [1.29, 1.82) is 0 Å². The molecular formula is C14H9BrN2O2. The second-order valence-corrected chi connectivity index (χ2v) is 4.86. The highest BCUT2D eigenvalue weighted by atomic mass is 79.9. The molecule has 0 spiro atoms. The van der Waals surface area contributed by atoms with Gasteiger partial charge in [0.25, 0.3) is 0 Å². The average molecular weight is 317 g/mol. The van der Waals surface area contributed by atoms with Crippen LogP contribution >= 0.6 is 15.9 Å². The normalized spacial score (nSPS) is 10.6. The van der Waals surface area contributed by atoms with Gasteiger partial charge in [-0.15, -0.1) is 0 Å². The Kier molecular flexibility index (Phi) is 3.05. The first-order valence-electron chi connectivity index (χ1n) is 5.62. The summed E-state index contributed by atoms with van der Waals surface area (Å²) in [6.45, 7) is 0. The lowest BCUT2D eigenvalue weighted by molar-refractivity contribution is 0.112. The second-order valence-electron chi connectivity index (χ2n) is 3.95. The number of hydrogen-bond acceptors (Lipinski definition) is 3. The maximum absolute atomic E-state index is 11.1. The van der Waals surface area contributed by atoms with Crippen LogP contribution in [0, 0.1) is 0 Å². The van der Waals surface area contributed by atoms with E-state index in [1.54, 1.807) is 29.3 Å². The molecule has 3 rings (SSSR count). The molecule has 19 heavy (non-hydrogen) atoms. The van der Waals surface area contributed by atoms with Crippen molar-refractivity contribution in [3.05, 3.63) is 58.9 Å². The van der Waals surface area contributed by atoms with Gasteiger partial charge in [0, 0.05) is 10.7 Å². The summed E-state index contributed by atoms with van der Waals surface area (Å²) in [6.07, 6.45) is 4.02. The van der Waals surface area contributed by atoms with E-state index < -0.39 is 0 Å². The third kappa shape index (κ3) is 2.24. The molecule has 0 aliphatic carbocycles. The number of aromatic nitrogens is 2. The molecule has 0 unspecified atom stereocenters. The lowest BCUT2D eigenvalue weighted by Crippen LogP contribution is -1.94. The molecule has 0 aliphatic rings. The van der Waals surface area contributed by atoms with Crippen molar-refractivity contribution in [1.82, 2.24) is 9.78 Å². The number of carbonyl (C=O) groups excluding carboxylic acids is 1. The number of benzene rings is 1. The van der Waals surface area contributed by atoms with Gasteiger partial charge in [-0.1, -0.05) is 15.9 Å². The van der Waals surface area contributed by atoms with Crippen LogP contribution in [0.4, 0.5) is 0 Å². The fraction of sp³-hybridized carbons (Fsp3) is 0. The third-order valence-electron chi connectivity index (χ3n) is 2.72. The molecule has 0 bridgehead atoms. The number of halogens is 1. The minimum Gasteiger partial charge on any atom is -0.463 e. The number of furan rings is 1. The van der Waals surface area contributed by atoms with Crippen molar-refractivity contribution in [2.24, 2.45) is 0 Å². The highest BCUT2D eigenvalue weighted by Gasteiger charge is 2.13. The quantitative estimate of drug-likeness (QED) is 0.692. The van der Waals surface area contributed by atoms with Crippen molar-refractivity contribution in [2.45, 2.75) is 0 Å². The zero-order chi connectivity index (χ0) is 13.2. The van der Waals surface area contributed by atoms with Gasteiger partial charge in [-0.25, -0.2) is 4.68 Å². The summed E-state index contributed by atoms with van der Waals surface area (Å²) in [4.78, 5) is 11.1. The molecule has 0 saturated carbocycles. The predicted molar refractivity (Wildman–Crippen MR) is 74.4 cm³/mol. The first-order chi connectivity index (χ1) is 9.28. The van der Waals surface area contributed by atoms with Gasteiger partial charge < -0.3 is 4.42 Å². The van der Waals surface area contributed by atoms with Crippen LogP contribution in [0.3, 0.4) is 0 Å². The Morgan fingerprint density at radius 1 is 1.21 bits per heavy atom. The Morgan fingerprint density at radius 2 is 2.00 bits per heavy atom. The van der Waals surface area contributed by atoms with Crippen LogP contribution in [-0.4, -0.2) is 16.1 Å². The van der Waals surface area contributed by atoms with E-state index in [0.717, 1.165) is 16.4 Å². The largest absolute Gasteiger partial charge is 0.463 e. The maximum Gasteiger partial charge on any atom is 0.154 e. The van der Waals surface area contributed by atoms with Crippen molar-refractivity contribution in [2.75, 3.05) is 0 Å². The summed E-state index contributed by atoms with van der Waals surface area (Å²) >= 11 is 3.38. The predicted octanol–water partition coefficient (Wildman–Crippen LogP) is 3.71. The lowest BCUT2D eigenvalue weighted by Gasteiger charge is -2.00. The number of aldehydes is 1. The van der Waals surface area contributed by atoms with Gasteiger partial charge in [0.15, 0.2) is 12.0 Å². The molecule has 0 N–H and O–H groups in total. The summed E-state index contributed by atoms with van der Waals surface area (Å²) in [5, 5.41) is 4.40. The molecular weight excluding hydrogens is 308 g/mol. The van der Waals surface area contributed by atoms with Crippen LogP contribution in [0.25, 0.3) is 17.1 Å². The molecule has 0 radical (unpaired) electrons. The van der Waals surface area contributed by atoms with Gasteiger partial charge in [0.2, 0.25) is 0 Å². The summed E-state index contributed by atoms with van der Waals surface area (Å²) in [5.41, 5.74) is 1.92. The van der Waals surface area contributed by atoms with Crippen LogP contribution in [0.2, 0.25) is 0 Å². The van der Waals surface area contributed by atoms with Gasteiger partial charge in [-0.2, -0.15) is 5.10 Å². The standard InChI is InChI=1S/C14H9BrN2O2/c15-11-3-5-12(6-4-11)17-8-10(9-18)14(16-17)13-2-1-7-19-13/h1-9H. The van der Waals surface area contributed by atoms with Crippen molar-refractivity contribution in [3.63, 3.8) is 0 Å². The van der Waals surface area contributed by atoms with Crippen LogP contribution in [0.5, 0.6) is 0 Å². The molecule has 0 fully saturated rings. The van der Waals surface area contributed by atoms with Crippen molar-refractivity contribution >= 4 is 22.2 Å². The molecule has 0 atom stereocenters. The molecule has 3 aromatic rings. The zero-order valence-electron chi connectivity index (χ0n) is 9.79. The van der Waals surface area contributed by atoms with Crippen LogP contribution in [0.1, 0.15) is 10.4 Å². The molecule has 0 amide bonds. The SMILES string of the molecule is O=Cc1cn(-c2ccc(Br)cc2)nc1-c1ccco1. The molecule has 2 aromatic heterocycles. The summed E-state index contributed by atoms with van der Waals surface area (Å²) in [6, 6.07) is 11.2. The first-order valence-corrected chi connectivity index (χ1v) is 6.42. The van der Waals surface area contributed by atoms with Gasteiger partial charge in [-0.05, 0) is 36.4 Å². The second kappa shape index (κ2) is 4.85. The van der Waals surface area contributed by atoms with E-state index in [0.29, 0.717) is 17.0 Å². The fourth-order valence-electron chi connectivity index (χ4n) is 1.80. The molecule has 0 saturated heterocycles. The Balaban J connectivity index is 2.09. The Hall–Kier alpha value is -2.14. The van der Waals surface area contributed by atoms with Crippen LogP contribution < -0.4 is 0 Å². The van der Waals surface area contributed by atoms with E-state index in [4.69, 9.17) is 4.42 Å². The Bertz CT molecular complexity index is 700. The topological polar surface area (TPSA) is 48.0 Å². The fourth-order valence-corrected chi connectivity index (χ4v) is 2.07. The Labute approximate surface area is 117 Å². The van der Waals surface area contributed by atoms with E-state index in [9.17, 15) is 4.79 Å². The molecule has 2 heterocycles. The van der Waals surface area contributed by atoms with Crippen molar-refractivity contribution < 1.29 is 9.21 Å². The van der Waals surface area contributed by atoms with E-state index >= 15 is 0 Å². The van der Waals surface area contributed by atoms with Crippen LogP contribution in [0.15, 0.2) is 57.7 Å². The molecule has 5 heteroatoms. The maximum atomic E-state index is 11.1. The molecule has 94 valence electrons.